The van der Waals surface area contributed by atoms with Crippen LogP contribution in [-0.4, -0.2) is 29.9 Å². The van der Waals surface area contributed by atoms with Gasteiger partial charge in [0.25, 0.3) is 0 Å². The highest BCUT2D eigenvalue weighted by Crippen LogP contribution is 2.41. The smallest absolute Gasteiger partial charge is 0.368 e. The number of alkyl halides is 6. The van der Waals surface area contributed by atoms with Crippen molar-refractivity contribution in [3.05, 3.63) is 82.4 Å². The van der Waals surface area contributed by atoms with Crippen LogP contribution in [0.3, 0.4) is 0 Å². The van der Waals surface area contributed by atoms with E-state index in [1.807, 2.05) is 0 Å². The fraction of sp³-hybridized carbons (Fsp3) is 0.367. The summed E-state index contributed by atoms with van der Waals surface area (Å²) in [7, 11) is 1.33. The summed E-state index contributed by atoms with van der Waals surface area (Å²) in [6, 6.07) is 5.79. The fourth-order valence-electron chi connectivity index (χ4n) is 5.24. The van der Waals surface area contributed by atoms with E-state index in [-0.39, 0.29) is 17.8 Å². The van der Waals surface area contributed by atoms with Crippen LogP contribution < -0.4 is 16.0 Å². The van der Waals surface area contributed by atoms with Gasteiger partial charge in [0.2, 0.25) is 11.8 Å². The average Bonchev–Trinajstić information content (AvgIpc) is 3.42. The summed E-state index contributed by atoms with van der Waals surface area (Å²) in [5.74, 6) is -1.85. The first-order valence-electron chi connectivity index (χ1n) is 13.2. The Balaban J connectivity index is 1.81. The van der Waals surface area contributed by atoms with Crippen molar-refractivity contribution in [2.24, 2.45) is 5.73 Å². The minimum absolute atomic E-state index is 0.00563. The summed E-state index contributed by atoms with van der Waals surface area (Å²) >= 11 is 0. The van der Waals surface area contributed by atoms with Crippen molar-refractivity contribution >= 4 is 17.5 Å². The second-order valence-electron chi connectivity index (χ2n) is 11.1. The van der Waals surface area contributed by atoms with Crippen LogP contribution in [0, 0.1) is 12.7 Å². The highest BCUT2D eigenvalue weighted by atomic mass is 19.4. The quantitative estimate of drug-likeness (QED) is 0.314. The Morgan fingerprint density at radius 2 is 1.49 bits per heavy atom. The first-order valence-corrected chi connectivity index (χ1v) is 13.2. The predicted octanol–water partition coefficient (Wildman–Crippen LogP) is 6.45. The first-order chi connectivity index (χ1) is 19.8. The summed E-state index contributed by atoms with van der Waals surface area (Å²) in [4.78, 5) is 31.1. The van der Waals surface area contributed by atoms with Crippen LogP contribution in [0.4, 0.5) is 36.4 Å². The van der Waals surface area contributed by atoms with Gasteiger partial charge >= 0.3 is 12.4 Å². The van der Waals surface area contributed by atoms with Crippen LogP contribution in [0.2, 0.25) is 0 Å². The minimum Gasteiger partial charge on any atom is -0.368 e. The van der Waals surface area contributed by atoms with Crippen molar-refractivity contribution in [1.82, 2.24) is 10.3 Å². The molecule has 0 bridgehead atoms. The van der Waals surface area contributed by atoms with Crippen molar-refractivity contribution in [2.75, 3.05) is 11.9 Å². The van der Waals surface area contributed by atoms with Crippen LogP contribution in [0.5, 0.6) is 0 Å². The number of halogens is 7. The number of benzene rings is 2. The SMILES string of the molecule is Cc1cc(F)ccc1-c1cc(C2CCC(C(N)=O)N2)ncc1N(C)C(=O)C(C)(C)c1cc(C(F)(F)F)cc(C(F)(F)F)c1. The van der Waals surface area contributed by atoms with E-state index in [1.54, 1.807) is 13.0 Å². The summed E-state index contributed by atoms with van der Waals surface area (Å²) in [6.07, 6.45) is -7.82. The van der Waals surface area contributed by atoms with Gasteiger partial charge in [0.1, 0.15) is 5.82 Å². The number of hydrogen-bond donors (Lipinski definition) is 2. The molecule has 2 atom stereocenters. The molecule has 1 saturated heterocycles. The molecule has 1 aliphatic heterocycles. The van der Waals surface area contributed by atoms with E-state index in [9.17, 15) is 40.3 Å². The summed E-state index contributed by atoms with van der Waals surface area (Å²) in [6.45, 7) is 4.11. The lowest BCUT2D eigenvalue weighted by molar-refractivity contribution is -0.143. The summed E-state index contributed by atoms with van der Waals surface area (Å²) < 4.78 is 95.3. The monoisotopic (exact) mass is 610 g/mol. The lowest BCUT2D eigenvalue weighted by atomic mass is 9.81. The number of likely N-dealkylation sites (N-methyl/N-ethyl adjacent to an activating group) is 1. The lowest BCUT2D eigenvalue weighted by Crippen LogP contribution is -2.42. The summed E-state index contributed by atoms with van der Waals surface area (Å²) in [5.41, 5.74) is 2.12. The third kappa shape index (κ3) is 6.51. The van der Waals surface area contributed by atoms with Crippen molar-refractivity contribution in [3.63, 3.8) is 0 Å². The van der Waals surface area contributed by atoms with Crippen LogP contribution >= 0.6 is 0 Å². The van der Waals surface area contributed by atoms with Gasteiger partial charge in [-0.1, -0.05) is 6.07 Å². The third-order valence-corrected chi connectivity index (χ3v) is 7.74. The first kappa shape index (κ1) is 31.9. The molecule has 230 valence electrons. The maximum Gasteiger partial charge on any atom is 0.416 e. The molecule has 1 fully saturated rings. The standard InChI is InChI=1S/C30H29F7N4O2/c1-15-9-19(31)5-6-20(15)21-13-24(22-7-8-23(40-22)26(38)42)39-14-25(21)41(4)27(43)28(2,3)16-10-17(29(32,33)34)12-18(11-16)30(35,36)37/h5-6,9-14,22-23,40H,7-8H2,1-4H3,(H2,38,42). The molecular weight excluding hydrogens is 581 g/mol. The molecule has 2 unspecified atom stereocenters. The van der Waals surface area contributed by atoms with E-state index in [0.29, 0.717) is 47.4 Å². The number of carbonyl (C=O) groups is 2. The lowest BCUT2D eigenvalue weighted by Gasteiger charge is -2.32. The molecule has 0 saturated carbocycles. The topological polar surface area (TPSA) is 88.3 Å². The van der Waals surface area contributed by atoms with Gasteiger partial charge in [-0.2, -0.15) is 26.3 Å². The number of nitrogens with two attached hydrogens (primary N) is 1. The molecule has 1 aromatic heterocycles. The molecule has 0 radical (unpaired) electrons. The van der Waals surface area contributed by atoms with Gasteiger partial charge in [0, 0.05) is 12.6 Å². The molecule has 1 aliphatic rings. The zero-order valence-corrected chi connectivity index (χ0v) is 23.6. The largest absolute Gasteiger partial charge is 0.416 e. The second kappa shape index (κ2) is 11.3. The highest BCUT2D eigenvalue weighted by molar-refractivity contribution is 6.03. The number of rotatable bonds is 6. The van der Waals surface area contributed by atoms with E-state index in [2.05, 4.69) is 10.3 Å². The maximum atomic E-state index is 14.0. The van der Waals surface area contributed by atoms with E-state index >= 15 is 0 Å². The van der Waals surface area contributed by atoms with E-state index in [4.69, 9.17) is 5.73 Å². The number of primary amides is 1. The third-order valence-electron chi connectivity index (χ3n) is 7.74. The minimum atomic E-state index is -5.09. The number of nitrogens with zero attached hydrogens (tertiary/aromatic N) is 2. The van der Waals surface area contributed by atoms with Crippen molar-refractivity contribution < 1.29 is 40.3 Å². The van der Waals surface area contributed by atoms with Crippen LogP contribution in [0.25, 0.3) is 11.1 Å². The zero-order chi connectivity index (χ0) is 32.1. The number of anilines is 1. The Hall–Kier alpha value is -4.00. The molecule has 2 heterocycles. The van der Waals surface area contributed by atoms with Gasteiger partial charge in [-0.3, -0.25) is 19.9 Å². The van der Waals surface area contributed by atoms with Gasteiger partial charge in [0.15, 0.2) is 0 Å². The van der Waals surface area contributed by atoms with Gasteiger partial charge in [-0.25, -0.2) is 4.39 Å². The number of amides is 2. The number of pyridine rings is 1. The van der Waals surface area contributed by atoms with E-state index in [0.717, 1.165) is 4.90 Å². The average molecular weight is 611 g/mol. The molecule has 4 rings (SSSR count). The Labute approximate surface area is 243 Å². The molecule has 3 N–H and O–H groups in total. The van der Waals surface area contributed by atoms with Crippen molar-refractivity contribution in [1.29, 1.82) is 0 Å². The van der Waals surface area contributed by atoms with Crippen LogP contribution in [0.1, 0.15) is 60.7 Å². The Kier molecular flexibility index (Phi) is 8.35. The molecule has 2 amide bonds. The second-order valence-corrected chi connectivity index (χ2v) is 11.1. The maximum absolute atomic E-state index is 14.0. The molecule has 0 spiro atoms. The predicted molar refractivity (Wildman–Crippen MR) is 145 cm³/mol. The highest BCUT2D eigenvalue weighted by Gasteiger charge is 2.41. The van der Waals surface area contributed by atoms with Crippen LogP contribution in [-0.2, 0) is 27.4 Å². The zero-order valence-electron chi connectivity index (χ0n) is 23.6. The van der Waals surface area contributed by atoms with Crippen LogP contribution in [0.15, 0.2) is 48.7 Å². The van der Waals surface area contributed by atoms with E-state index < -0.39 is 58.1 Å². The number of nitrogens with one attached hydrogen (secondary N) is 1. The molecule has 0 aliphatic carbocycles. The molecule has 3 aromatic rings. The van der Waals surface area contributed by atoms with Crippen molar-refractivity contribution in [2.45, 2.75) is 63.5 Å². The normalized spacial score (nSPS) is 17.7. The summed E-state index contributed by atoms with van der Waals surface area (Å²) in [5, 5.41) is 3.10. The van der Waals surface area contributed by atoms with Gasteiger partial charge in [0.05, 0.1) is 46.2 Å². The Morgan fingerprint density at radius 3 is 2.00 bits per heavy atom. The van der Waals surface area contributed by atoms with Gasteiger partial charge in [-0.05, 0) is 86.7 Å². The Bertz CT molecular complexity index is 1530. The number of aromatic nitrogens is 1. The number of hydrogen-bond acceptors (Lipinski definition) is 4. The molecule has 6 nitrogen and oxygen atoms in total. The van der Waals surface area contributed by atoms with Gasteiger partial charge in [-0.15, -0.1) is 0 Å². The molecular formula is C30H29F7N4O2. The molecule has 13 heteroatoms. The molecule has 2 aromatic carbocycles. The number of carbonyl (C=O) groups excluding carboxylic acids is 2. The Morgan fingerprint density at radius 1 is 0.907 bits per heavy atom. The number of aryl methyl sites for hydroxylation is 1. The van der Waals surface area contributed by atoms with Gasteiger partial charge < -0.3 is 10.6 Å². The molecule has 43 heavy (non-hydrogen) atoms. The van der Waals surface area contributed by atoms with E-state index in [1.165, 1.54) is 45.3 Å². The van der Waals surface area contributed by atoms with Crippen molar-refractivity contribution in [3.8, 4) is 11.1 Å². The fourth-order valence-corrected chi connectivity index (χ4v) is 5.24.